The number of thiophene rings is 1. The summed E-state index contributed by atoms with van der Waals surface area (Å²) in [6.07, 6.45) is 2.16. The van der Waals surface area contributed by atoms with Crippen molar-refractivity contribution < 1.29 is 4.79 Å². The van der Waals surface area contributed by atoms with Gasteiger partial charge in [-0.3, -0.25) is 4.79 Å². The monoisotopic (exact) mass is 413 g/mol. The molecule has 1 aliphatic heterocycles. The van der Waals surface area contributed by atoms with Gasteiger partial charge < -0.3 is 10.2 Å². The Hall–Kier alpha value is -0.370. The molecule has 1 atom stereocenters. The van der Waals surface area contributed by atoms with Gasteiger partial charge in [0.15, 0.2) is 0 Å². The molecule has 2 aromatic heterocycles. The topological polar surface area (TPSA) is 45.2 Å². The van der Waals surface area contributed by atoms with Crippen LogP contribution in [0.5, 0.6) is 0 Å². The smallest absolute Gasteiger partial charge is 0.273 e. The highest BCUT2D eigenvalue weighted by Gasteiger charge is 2.25. The van der Waals surface area contributed by atoms with Gasteiger partial charge in [-0.15, -0.1) is 47.5 Å². The molecule has 0 radical (unpaired) electrons. The summed E-state index contributed by atoms with van der Waals surface area (Å²) in [6.45, 7) is 1.57. The van der Waals surface area contributed by atoms with Crippen LogP contribution in [0.4, 0.5) is 0 Å². The number of hydrogen-bond donors (Lipinski definition) is 1. The molecule has 9 heteroatoms. The molecule has 0 aliphatic carbocycles. The number of amides is 1. The molecule has 1 saturated heterocycles. The Kier molecular flexibility index (Phi) is 8.27. The zero-order valence-corrected chi connectivity index (χ0v) is 16.5. The zero-order valence-electron chi connectivity index (χ0n) is 12.5. The summed E-state index contributed by atoms with van der Waals surface area (Å²) < 4.78 is 0.737. The molecule has 0 spiro atoms. The SMILES string of the molecule is CNC1CCCN(C(=O)c2csc(-c3ccc(Cl)s3)n2)C1.Cl.Cl. The van der Waals surface area contributed by atoms with Gasteiger partial charge in [0.1, 0.15) is 10.7 Å². The first-order chi connectivity index (χ1) is 10.2. The van der Waals surface area contributed by atoms with Gasteiger partial charge in [0.05, 0.1) is 9.21 Å². The third-order valence-electron chi connectivity index (χ3n) is 3.62. The molecular weight excluding hydrogens is 397 g/mol. The van der Waals surface area contributed by atoms with Gasteiger partial charge in [0, 0.05) is 24.5 Å². The van der Waals surface area contributed by atoms with E-state index in [9.17, 15) is 4.79 Å². The van der Waals surface area contributed by atoms with E-state index in [0.29, 0.717) is 11.7 Å². The summed E-state index contributed by atoms with van der Waals surface area (Å²) in [5, 5.41) is 5.95. The number of nitrogens with one attached hydrogen (secondary N) is 1. The number of nitrogens with zero attached hydrogens (tertiary/aromatic N) is 2. The van der Waals surface area contributed by atoms with Crippen molar-refractivity contribution in [2.45, 2.75) is 18.9 Å². The van der Waals surface area contributed by atoms with Crippen molar-refractivity contribution in [1.82, 2.24) is 15.2 Å². The van der Waals surface area contributed by atoms with Gasteiger partial charge in [0.2, 0.25) is 0 Å². The van der Waals surface area contributed by atoms with E-state index in [0.717, 1.165) is 40.2 Å². The molecule has 1 fully saturated rings. The summed E-state index contributed by atoms with van der Waals surface area (Å²) in [5.74, 6) is 0.0279. The fourth-order valence-corrected chi connectivity index (χ4v) is 4.38. The minimum absolute atomic E-state index is 0. The highest BCUT2D eigenvalue weighted by Crippen LogP contribution is 2.33. The molecule has 128 valence electrons. The molecule has 1 amide bonds. The van der Waals surface area contributed by atoms with E-state index < -0.39 is 0 Å². The fraction of sp³-hybridized carbons (Fsp3) is 0.429. The van der Waals surface area contributed by atoms with E-state index >= 15 is 0 Å². The van der Waals surface area contributed by atoms with Crippen LogP contribution in [0.15, 0.2) is 17.5 Å². The van der Waals surface area contributed by atoms with Crippen molar-refractivity contribution in [1.29, 1.82) is 0 Å². The number of likely N-dealkylation sites (N-methyl/N-ethyl adjacent to an activating group) is 1. The predicted molar refractivity (Wildman–Crippen MR) is 103 cm³/mol. The molecule has 2 aromatic rings. The standard InChI is InChI=1S/C14H16ClN3OS2.2ClH/c1-16-9-3-2-6-18(7-9)14(19)10-8-20-13(17-10)11-4-5-12(15)21-11;;/h4-5,8-9,16H,2-3,6-7H2,1H3;2*1H. The minimum atomic E-state index is 0. The largest absolute Gasteiger partial charge is 0.336 e. The van der Waals surface area contributed by atoms with Crippen LogP contribution >= 0.6 is 59.1 Å². The Morgan fingerprint density at radius 2 is 2.22 bits per heavy atom. The maximum atomic E-state index is 12.5. The van der Waals surface area contributed by atoms with Gasteiger partial charge in [-0.05, 0) is 32.0 Å². The summed E-state index contributed by atoms with van der Waals surface area (Å²) in [4.78, 5) is 19.9. The molecule has 0 saturated carbocycles. The lowest BCUT2D eigenvalue weighted by atomic mass is 10.1. The molecule has 3 rings (SSSR count). The molecule has 1 unspecified atom stereocenters. The molecule has 1 N–H and O–H groups in total. The van der Waals surface area contributed by atoms with Crippen LogP contribution in [-0.4, -0.2) is 42.0 Å². The van der Waals surface area contributed by atoms with E-state index in [1.807, 2.05) is 29.5 Å². The number of carbonyl (C=O) groups is 1. The van der Waals surface area contributed by atoms with Gasteiger partial charge in [0.25, 0.3) is 5.91 Å². The van der Waals surface area contributed by atoms with Crippen LogP contribution in [0, 0.1) is 0 Å². The second kappa shape index (κ2) is 9.20. The minimum Gasteiger partial charge on any atom is -0.336 e. The quantitative estimate of drug-likeness (QED) is 0.819. The Labute approximate surface area is 161 Å². The molecule has 0 aromatic carbocycles. The van der Waals surface area contributed by atoms with Crippen LogP contribution < -0.4 is 5.32 Å². The highest BCUT2D eigenvalue weighted by molar-refractivity contribution is 7.23. The summed E-state index contributed by atoms with van der Waals surface area (Å²) in [7, 11) is 1.94. The normalized spacial score (nSPS) is 17.3. The second-order valence-corrected chi connectivity index (χ2v) is 7.59. The first kappa shape index (κ1) is 20.7. The van der Waals surface area contributed by atoms with Crippen molar-refractivity contribution in [3.05, 3.63) is 27.5 Å². The highest BCUT2D eigenvalue weighted by atomic mass is 35.5. The van der Waals surface area contributed by atoms with Crippen LogP contribution in [-0.2, 0) is 0 Å². The van der Waals surface area contributed by atoms with Crippen molar-refractivity contribution in [3.8, 4) is 9.88 Å². The summed E-state index contributed by atoms with van der Waals surface area (Å²) >= 11 is 8.92. The maximum Gasteiger partial charge on any atom is 0.273 e. The Morgan fingerprint density at radius 3 is 2.87 bits per heavy atom. The fourth-order valence-electron chi connectivity index (χ4n) is 2.47. The Bertz CT molecular complexity index is 647. The van der Waals surface area contributed by atoms with Crippen molar-refractivity contribution >= 4 is 65.0 Å². The number of halogens is 3. The first-order valence-electron chi connectivity index (χ1n) is 6.85. The number of hydrogen-bond acceptors (Lipinski definition) is 5. The molecule has 1 aliphatic rings. The van der Waals surface area contributed by atoms with E-state index in [1.165, 1.54) is 22.7 Å². The van der Waals surface area contributed by atoms with E-state index in [1.54, 1.807) is 0 Å². The lowest BCUT2D eigenvalue weighted by Crippen LogP contribution is -2.47. The Morgan fingerprint density at radius 1 is 1.43 bits per heavy atom. The molecular formula is C14H18Cl3N3OS2. The lowest BCUT2D eigenvalue weighted by Gasteiger charge is -2.32. The van der Waals surface area contributed by atoms with Crippen LogP contribution in [0.25, 0.3) is 9.88 Å². The van der Waals surface area contributed by atoms with Gasteiger partial charge in [-0.1, -0.05) is 11.6 Å². The van der Waals surface area contributed by atoms with Gasteiger partial charge in [-0.2, -0.15) is 0 Å². The van der Waals surface area contributed by atoms with E-state index in [4.69, 9.17) is 11.6 Å². The van der Waals surface area contributed by atoms with E-state index in [-0.39, 0.29) is 30.7 Å². The zero-order chi connectivity index (χ0) is 14.8. The van der Waals surface area contributed by atoms with Crippen LogP contribution in [0.3, 0.4) is 0 Å². The molecule has 3 heterocycles. The number of carbonyl (C=O) groups excluding carboxylic acids is 1. The van der Waals surface area contributed by atoms with Crippen LogP contribution in [0.1, 0.15) is 23.3 Å². The second-order valence-electron chi connectivity index (χ2n) is 5.02. The molecule has 0 bridgehead atoms. The third-order valence-corrected chi connectivity index (χ3v) is 5.87. The summed E-state index contributed by atoms with van der Waals surface area (Å²) in [5.41, 5.74) is 0.538. The van der Waals surface area contributed by atoms with E-state index in [2.05, 4.69) is 10.3 Å². The number of piperidine rings is 1. The van der Waals surface area contributed by atoms with Gasteiger partial charge >= 0.3 is 0 Å². The average molecular weight is 415 g/mol. The average Bonchev–Trinajstić information content (AvgIpc) is 3.15. The number of likely N-dealkylation sites (tertiary alicyclic amines) is 1. The summed E-state index contributed by atoms with van der Waals surface area (Å²) in [6, 6.07) is 4.18. The van der Waals surface area contributed by atoms with Gasteiger partial charge in [-0.25, -0.2) is 4.98 Å². The number of rotatable bonds is 3. The van der Waals surface area contributed by atoms with Crippen molar-refractivity contribution in [2.24, 2.45) is 0 Å². The maximum absolute atomic E-state index is 12.5. The lowest BCUT2D eigenvalue weighted by molar-refractivity contribution is 0.0693. The van der Waals surface area contributed by atoms with Crippen LogP contribution in [0.2, 0.25) is 4.34 Å². The third kappa shape index (κ3) is 4.81. The van der Waals surface area contributed by atoms with Crippen molar-refractivity contribution in [3.63, 3.8) is 0 Å². The molecule has 23 heavy (non-hydrogen) atoms. The first-order valence-corrected chi connectivity index (χ1v) is 8.92. The van der Waals surface area contributed by atoms with Crippen molar-refractivity contribution in [2.75, 3.05) is 20.1 Å². The molecule has 4 nitrogen and oxygen atoms in total. The number of aromatic nitrogens is 1. The Balaban J connectivity index is 0.00000132. The number of thiazole rings is 1. The predicted octanol–water partition coefficient (Wildman–Crippen LogP) is 4.19.